The third-order valence-corrected chi connectivity index (χ3v) is 7.10. The van der Waals surface area contributed by atoms with Crippen LogP contribution in [0.1, 0.15) is 92.1 Å². The van der Waals surface area contributed by atoms with E-state index < -0.39 is 36.5 Å². The molecular formula is C30H45NO10. The zero-order valence-corrected chi connectivity index (χ0v) is 25.0. The average Bonchev–Trinajstić information content (AvgIpc) is 2.94. The van der Waals surface area contributed by atoms with E-state index >= 15 is 0 Å². The van der Waals surface area contributed by atoms with E-state index in [4.69, 9.17) is 34.2 Å². The van der Waals surface area contributed by atoms with Crippen LogP contribution in [-0.4, -0.2) is 54.7 Å². The molecule has 0 bridgehead atoms. The number of ether oxygens (including phenoxy) is 6. The molecular weight excluding hydrogens is 534 g/mol. The van der Waals surface area contributed by atoms with Crippen molar-refractivity contribution in [2.75, 3.05) is 0 Å². The summed E-state index contributed by atoms with van der Waals surface area (Å²) in [5.41, 5.74) is 6.63. The topological polar surface area (TPSA) is 150 Å². The van der Waals surface area contributed by atoms with Gasteiger partial charge in [0, 0.05) is 0 Å². The first-order valence-corrected chi connectivity index (χ1v) is 14.5. The average molecular weight is 580 g/mol. The Kier molecular flexibility index (Phi) is 13.9. The molecule has 0 radical (unpaired) electrons. The maximum atomic E-state index is 12.7. The van der Waals surface area contributed by atoms with E-state index in [9.17, 15) is 19.2 Å². The van der Waals surface area contributed by atoms with Gasteiger partial charge >= 0.3 is 24.2 Å². The van der Waals surface area contributed by atoms with Crippen molar-refractivity contribution in [3.8, 4) is 11.5 Å². The Hall–Kier alpha value is -3.34. The number of hydrogen-bond donors (Lipinski definition) is 1. The summed E-state index contributed by atoms with van der Waals surface area (Å²) in [5.74, 6) is -1.23. The summed E-state index contributed by atoms with van der Waals surface area (Å²) in [6.07, 6.45) is 1.92. The van der Waals surface area contributed by atoms with E-state index in [1.807, 2.05) is 13.8 Å². The Morgan fingerprint density at radius 2 is 1.32 bits per heavy atom. The largest absolute Gasteiger partial charge is 0.514 e. The molecule has 41 heavy (non-hydrogen) atoms. The first-order chi connectivity index (χ1) is 19.4. The molecule has 11 nitrogen and oxygen atoms in total. The molecule has 0 aromatic heterocycles. The van der Waals surface area contributed by atoms with Gasteiger partial charge < -0.3 is 34.2 Å². The van der Waals surface area contributed by atoms with Crippen LogP contribution in [0.25, 0.3) is 0 Å². The fourth-order valence-electron chi connectivity index (χ4n) is 3.98. The van der Waals surface area contributed by atoms with Crippen molar-refractivity contribution >= 4 is 24.2 Å². The number of carbonyl (C=O) groups is 4. The lowest BCUT2D eigenvalue weighted by molar-refractivity contribution is -0.169. The molecule has 0 aliphatic heterocycles. The lowest BCUT2D eigenvalue weighted by atomic mass is 9.89. The van der Waals surface area contributed by atoms with Crippen LogP contribution in [0.15, 0.2) is 18.2 Å². The summed E-state index contributed by atoms with van der Waals surface area (Å²) < 4.78 is 31.9. The van der Waals surface area contributed by atoms with E-state index in [0.717, 1.165) is 32.1 Å². The van der Waals surface area contributed by atoms with Crippen molar-refractivity contribution < 1.29 is 47.6 Å². The minimum atomic E-state index is -1.07. The first kappa shape index (κ1) is 33.9. The molecule has 1 fully saturated rings. The summed E-state index contributed by atoms with van der Waals surface area (Å²) in [6.45, 7) is 10.4. The summed E-state index contributed by atoms with van der Waals surface area (Å²) >= 11 is 0. The van der Waals surface area contributed by atoms with Crippen molar-refractivity contribution in [3.63, 3.8) is 0 Å². The minimum absolute atomic E-state index is 0.0240. The zero-order valence-electron chi connectivity index (χ0n) is 25.0. The maximum absolute atomic E-state index is 12.7. The summed E-state index contributed by atoms with van der Waals surface area (Å²) in [6, 6.07) is 3.34. The molecule has 0 spiro atoms. The Balaban J connectivity index is 2.05. The van der Waals surface area contributed by atoms with E-state index in [1.165, 1.54) is 12.1 Å². The fourth-order valence-corrected chi connectivity index (χ4v) is 3.98. The molecule has 0 amide bonds. The normalized spacial score (nSPS) is 17.2. The molecule has 1 aliphatic carbocycles. The second-order valence-corrected chi connectivity index (χ2v) is 10.6. The standard InChI is InChI=1S/C30H45NO10/c1-7-18(3)36-29(34)40-25-15-14-22(17-26(25)41-30(35)37-19(4)8-2)16-24(31)28(33)39-21(6)20(5)38-27(32)23-12-10-9-11-13-23/h14-15,17-21,23-24H,7-13,16,31H2,1-6H3/t18-,19?,20?,21?,24-/m0/s1. The molecule has 3 unspecified atom stereocenters. The molecule has 0 saturated heterocycles. The fraction of sp³-hybridized carbons (Fsp3) is 0.667. The van der Waals surface area contributed by atoms with Gasteiger partial charge in [0.2, 0.25) is 0 Å². The predicted molar refractivity (Wildman–Crippen MR) is 150 cm³/mol. The molecule has 11 heteroatoms. The van der Waals surface area contributed by atoms with Gasteiger partial charge in [-0.15, -0.1) is 0 Å². The highest BCUT2D eigenvalue weighted by Gasteiger charge is 2.28. The first-order valence-electron chi connectivity index (χ1n) is 14.5. The third kappa shape index (κ3) is 11.6. The van der Waals surface area contributed by atoms with Crippen molar-refractivity contribution in [2.45, 2.75) is 123 Å². The van der Waals surface area contributed by atoms with E-state index in [-0.39, 0.29) is 42.0 Å². The number of carbonyl (C=O) groups excluding carboxylic acids is 4. The van der Waals surface area contributed by atoms with Gasteiger partial charge in [0.15, 0.2) is 11.5 Å². The van der Waals surface area contributed by atoms with Crippen molar-refractivity contribution in [3.05, 3.63) is 23.8 Å². The Morgan fingerprint density at radius 1 is 0.780 bits per heavy atom. The highest BCUT2D eigenvalue weighted by Crippen LogP contribution is 2.30. The highest BCUT2D eigenvalue weighted by atomic mass is 16.7. The second kappa shape index (κ2) is 16.8. The van der Waals surface area contributed by atoms with Crippen LogP contribution in [0.3, 0.4) is 0 Å². The quantitative estimate of drug-likeness (QED) is 0.176. The second-order valence-electron chi connectivity index (χ2n) is 10.6. The molecule has 1 aromatic rings. The smallest absolute Gasteiger partial charge is 0.459 e. The van der Waals surface area contributed by atoms with Crippen molar-refractivity contribution in [1.82, 2.24) is 0 Å². The van der Waals surface area contributed by atoms with Crippen LogP contribution < -0.4 is 15.2 Å². The van der Waals surface area contributed by atoms with Gasteiger partial charge in [0.25, 0.3) is 0 Å². The Labute approximate surface area is 242 Å². The third-order valence-electron chi connectivity index (χ3n) is 7.10. The molecule has 1 aromatic carbocycles. The zero-order chi connectivity index (χ0) is 30.5. The monoisotopic (exact) mass is 579 g/mol. The van der Waals surface area contributed by atoms with E-state index in [1.54, 1.807) is 33.8 Å². The molecule has 1 aliphatic rings. The van der Waals surface area contributed by atoms with Gasteiger partial charge in [-0.2, -0.15) is 0 Å². The van der Waals surface area contributed by atoms with Gasteiger partial charge in [-0.25, -0.2) is 9.59 Å². The summed E-state index contributed by atoms with van der Waals surface area (Å²) in [7, 11) is 0. The highest BCUT2D eigenvalue weighted by molar-refractivity contribution is 5.76. The molecule has 230 valence electrons. The van der Waals surface area contributed by atoms with Gasteiger partial charge in [0.1, 0.15) is 30.5 Å². The van der Waals surface area contributed by atoms with Crippen LogP contribution in [0.2, 0.25) is 0 Å². The lowest BCUT2D eigenvalue weighted by Gasteiger charge is -2.26. The van der Waals surface area contributed by atoms with Gasteiger partial charge in [-0.05, 0) is 77.5 Å². The molecule has 2 rings (SSSR count). The Morgan fingerprint density at radius 3 is 1.88 bits per heavy atom. The number of nitrogens with two attached hydrogens (primary N) is 1. The molecule has 1 saturated carbocycles. The predicted octanol–water partition coefficient (Wildman–Crippen LogP) is 5.63. The molecule has 2 N–H and O–H groups in total. The summed E-state index contributed by atoms with van der Waals surface area (Å²) in [4.78, 5) is 49.7. The maximum Gasteiger partial charge on any atom is 0.514 e. The molecule has 0 heterocycles. The van der Waals surface area contributed by atoms with E-state index in [2.05, 4.69) is 0 Å². The SMILES string of the molecule is CCC(C)OC(=O)Oc1cc(C[C@H](N)C(=O)OC(C)C(C)OC(=O)C2CCCCC2)ccc1OC(=O)O[C@@H](C)CC. The van der Waals surface area contributed by atoms with Gasteiger partial charge in [-0.1, -0.05) is 39.2 Å². The molecule has 5 atom stereocenters. The number of hydrogen-bond acceptors (Lipinski definition) is 11. The van der Waals surface area contributed by atoms with Crippen LogP contribution in [0.4, 0.5) is 9.59 Å². The number of esters is 2. The van der Waals surface area contributed by atoms with Crippen LogP contribution in [-0.2, 0) is 35.0 Å². The summed E-state index contributed by atoms with van der Waals surface area (Å²) in [5, 5.41) is 0. The Bertz CT molecular complexity index is 1020. The lowest BCUT2D eigenvalue weighted by Crippen LogP contribution is -2.40. The van der Waals surface area contributed by atoms with Gasteiger partial charge in [0.05, 0.1) is 5.92 Å². The van der Waals surface area contributed by atoms with Crippen molar-refractivity contribution in [1.29, 1.82) is 0 Å². The minimum Gasteiger partial charge on any atom is -0.459 e. The number of rotatable bonds is 13. The van der Waals surface area contributed by atoms with Crippen LogP contribution in [0, 0.1) is 5.92 Å². The van der Waals surface area contributed by atoms with E-state index in [0.29, 0.717) is 18.4 Å². The number of benzene rings is 1. The van der Waals surface area contributed by atoms with Gasteiger partial charge in [-0.3, -0.25) is 9.59 Å². The van der Waals surface area contributed by atoms with Crippen molar-refractivity contribution in [2.24, 2.45) is 11.7 Å². The van der Waals surface area contributed by atoms with Crippen LogP contribution in [0.5, 0.6) is 11.5 Å². The van der Waals surface area contributed by atoms with Crippen LogP contribution >= 0.6 is 0 Å².